The summed E-state index contributed by atoms with van der Waals surface area (Å²) in [5.74, 6) is 0. The van der Waals surface area contributed by atoms with Crippen molar-refractivity contribution in [2.75, 3.05) is 0 Å². The van der Waals surface area contributed by atoms with Gasteiger partial charge in [0.1, 0.15) is 5.54 Å². The highest BCUT2D eigenvalue weighted by molar-refractivity contribution is 8.00. The van der Waals surface area contributed by atoms with Crippen molar-refractivity contribution in [1.29, 1.82) is 5.26 Å². The van der Waals surface area contributed by atoms with Crippen LogP contribution < -0.4 is 5.32 Å². The summed E-state index contributed by atoms with van der Waals surface area (Å²) in [6, 6.07) is 8.68. The van der Waals surface area contributed by atoms with Gasteiger partial charge in [0.15, 0.2) is 0 Å². The van der Waals surface area contributed by atoms with Crippen LogP contribution in [0.1, 0.15) is 38.5 Å². The third-order valence-corrected chi connectivity index (χ3v) is 6.17. The second-order valence-electron chi connectivity index (χ2n) is 6.02. The lowest BCUT2D eigenvalue weighted by Gasteiger charge is -2.36. The standard InChI is InChI=1S/C16H18Cl2N2S/c17-11-3-6-14(18)15(8-11)21-13-2-1-7-16(9-13,10-19)20-12-4-5-12/h3,6,8,12-13,20H,1-2,4-5,7,9H2. The number of hydrogen-bond donors (Lipinski definition) is 1. The van der Waals surface area contributed by atoms with Gasteiger partial charge in [0.05, 0.1) is 11.1 Å². The third-order valence-electron chi connectivity index (χ3n) is 4.16. The fraction of sp³-hybridized carbons (Fsp3) is 0.562. The average molecular weight is 341 g/mol. The first kappa shape index (κ1) is 15.5. The van der Waals surface area contributed by atoms with E-state index in [9.17, 15) is 5.26 Å². The van der Waals surface area contributed by atoms with Gasteiger partial charge < -0.3 is 0 Å². The highest BCUT2D eigenvalue weighted by Gasteiger charge is 2.40. The third kappa shape index (κ3) is 3.87. The van der Waals surface area contributed by atoms with Crippen molar-refractivity contribution in [2.45, 2.75) is 60.3 Å². The van der Waals surface area contributed by atoms with E-state index in [0.29, 0.717) is 16.3 Å². The Morgan fingerprint density at radius 3 is 2.81 bits per heavy atom. The van der Waals surface area contributed by atoms with Crippen molar-refractivity contribution in [1.82, 2.24) is 5.32 Å². The summed E-state index contributed by atoms with van der Waals surface area (Å²) in [7, 11) is 0. The molecule has 0 radical (unpaired) electrons. The summed E-state index contributed by atoms with van der Waals surface area (Å²) >= 11 is 14.1. The van der Waals surface area contributed by atoms with Gasteiger partial charge >= 0.3 is 0 Å². The molecule has 0 spiro atoms. The molecule has 2 fully saturated rings. The molecule has 1 aromatic carbocycles. The van der Waals surface area contributed by atoms with E-state index in [1.807, 2.05) is 18.2 Å². The topological polar surface area (TPSA) is 35.8 Å². The molecule has 2 aliphatic carbocycles. The quantitative estimate of drug-likeness (QED) is 0.833. The molecule has 0 amide bonds. The largest absolute Gasteiger partial charge is 0.297 e. The zero-order chi connectivity index (χ0) is 14.9. The number of thioether (sulfide) groups is 1. The molecule has 2 nitrogen and oxygen atoms in total. The fourth-order valence-corrected chi connectivity index (χ4v) is 4.83. The van der Waals surface area contributed by atoms with Crippen LogP contribution in [0.25, 0.3) is 0 Å². The second kappa shape index (κ2) is 6.38. The van der Waals surface area contributed by atoms with Crippen molar-refractivity contribution >= 4 is 35.0 Å². The molecule has 3 rings (SSSR count). The van der Waals surface area contributed by atoms with Gasteiger partial charge in [-0.15, -0.1) is 11.8 Å². The van der Waals surface area contributed by atoms with E-state index < -0.39 is 0 Å². The number of benzene rings is 1. The SMILES string of the molecule is N#CC1(NC2CC2)CCCC(Sc2cc(Cl)ccc2Cl)C1. The van der Waals surface area contributed by atoms with Crippen molar-refractivity contribution in [3.05, 3.63) is 28.2 Å². The van der Waals surface area contributed by atoms with Crippen LogP contribution in [0.4, 0.5) is 0 Å². The lowest BCUT2D eigenvalue weighted by molar-refractivity contribution is 0.301. The van der Waals surface area contributed by atoms with Crippen LogP contribution in [-0.2, 0) is 0 Å². The monoisotopic (exact) mass is 340 g/mol. The minimum Gasteiger partial charge on any atom is -0.297 e. The Hall–Kier alpha value is -0.400. The average Bonchev–Trinajstić information content (AvgIpc) is 3.27. The van der Waals surface area contributed by atoms with E-state index in [2.05, 4.69) is 11.4 Å². The first-order valence-corrected chi connectivity index (χ1v) is 9.04. The van der Waals surface area contributed by atoms with Crippen LogP contribution in [0.2, 0.25) is 10.0 Å². The van der Waals surface area contributed by atoms with Crippen LogP contribution in [0.5, 0.6) is 0 Å². The van der Waals surface area contributed by atoms with Crippen molar-refractivity contribution in [2.24, 2.45) is 0 Å². The van der Waals surface area contributed by atoms with Crippen LogP contribution in [0.3, 0.4) is 0 Å². The summed E-state index contributed by atoms with van der Waals surface area (Å²) < 4.78 is 0. The van der Waals surface area contributed by atoms with Crippen LogP contribution in [0.15, 0.2) is 23.1 Å². The van der Waals surface area contributed by atoms with E-state index in [1.54, 1.807) is 11.8 Å². The molecule has 0 aliphatic heterocycles. The zero-order valence-electron chi connectivity index (χ0n) is 11.7. The number of nitrogens with one attached hydrogen (secondary N) is 1. The maximum atomic E-state index is 9.63. The number of hydrogen-bond acceptors (Lipinski definition) is 3. The van der Waals surface area contributed by atoms with Gasteiger partial charge in [-0.05, 0) is 56.7 Å². The highest BCUT2D eigenvalue weighted by Crippen LogP contribution is 2.42. The molecule has 2 unspecified atom stereocenters. The van der Waals surface area contributed by atoms with Gasteiger partial charge in [-0.2, -0.15) is 5.26 Å². The first-order valence-electron chi connectivity index (χ1n) is 7.41. The molecule has 112 valence electrons. The van der Waals surface area contributed by atoms with Crippen molar-refractivity contribution in [3.63, 3.8) is 0 Å². The predicted octanol–water partition coefficient (Wildman–Crippen LogP) is 5.04. The number of halogens is 2. The van der Waals surface area contributed by atoms with Gasteiger partial charge in [0, 0.05) is 21.2 Å². The van der Waals surface area contributed by atoms with E-state index in [-0.39, 0.29) is 5.54 Å². The van der Waals surface area contributed by atoms with E-state index >= 15 is 0 Å². The minimum absolute atomic E-state index is 0.345. The van der Waals surface area contributed by atoms with Gasteiger partial charge in [-0.25, -0.2) is 0 Å². The Balaban J connectivity index is 1.70. The Labute approximate surface area is 140 Å². The second-order valence-corrected chi connectivity index (χ2v) is 8.21. The molecule has 0 aromatic heterocycles. The summed E-state index contributed by atoms with van der Waals surface area (Å²) in [6.45, 7) is 0. The first-order chi connectivity index (χ1) is 10.1. The maximum Gasteiger partial charge on any atom is 0.108 e. The fourth-order valence-electron chi connectivity index (χ4n) is 2.96. The molecule has 0 bridgehead atoms. The summed E-state index contributed by atoms with van der Waals surface area (Å²) in [5, 5.41) is 15.1. The molecule has 2 aliphatic rings. The summed E-state index contributed by atoms with van der Waals surface area (Å²) in [5.41, 5.74) is -0.345. The van der Waals surface area contributed by atoms with Gasteiger partial charge in [0.2, 0.25) is 0 Å². The number of nitriles is 1. The predicted molar refractivity (Wildman–Crippen MR) is 89.1 cm³/mol. The Morgan fingerprint density at radius 2 is 2.10 bits per heavy atom. The van der Waals surface area contributed by atoms with Crippen molar-refractivity contribution in [3.8, 4) is 6.07 Å². The molecule has 1 N–H and O–H groups in total. The molecular weight excluding hydrogens is 323 g/mol. The smallest absolute Gasteiger partial charge is 0.108 e. The minimum atomic E-state index is -0.345. The van der Waals surface area contributed by atoms with E-state index in [1.165, 1.54) is 12.8 Å². The molecule has 0 saturated heterocycles. The molecule has 21 heavy (non-hydrogen) atoms. The van der Waals surface area contributed by atoms with Crippen LogP contribution in [0, 0.1) is 11.3 Å². The maximum absolute atomic E-state index is 9.63. The van der Waals surface area contributed by atoms with Crippen molar-refractivity contribution < 1.29 is 0 Å². The van der Waals surface area contributed by atoms with Gasteiger partial charge in [0.25, 0.3) is 0 Å². The highest BCUT2D eigenvalue weighted by atomic mass is 35.5. The van der Waals surface area contributed by atoms with Gasteiger partial charge in [-0.1, -0.05) is 23.2 Å². The summed E-state index contributed by atoms with van der Waals surface area (Å²) in [6.07, 6.45) is 6.48. The summed E-state index contributed by atoms with van der Waals surface area (Å²) in [4.78, 5) is 1.02. The number of rotatable bonds is 4. The molecule has 0 heterocycles. The zero-order valence-corrected chi connectivity index (χ0v) is 14.1. The van der Waals surface area contributed by atoms with E-state index in [0.717, 1.165) is 35.6 Å². The molecule has 2 atom stereocenters. The Kier molecular flexibility index (Phi) is 4.71. The Morgan fingerprint density at radius 1 is 1.29 bits per heavy atom. The normalized spacial score (nSPS) is 29.1. The lowest BCUT2D eigenvalue weighted by atomic mass is 9.82. The molecule has 1 aromatic rings. The molecule has 5 heteroatoms. The van der Waals surface area contributed by atoms with E-state index in [4.69, 9.17) is 23.2 Å². The molecular formula is C16H18Cl2N2S. The lowest BCUT2D eigenvalue weighted by Crippen LogP contribution is -2.49. The molecule has 2 saturated carbocycles. The van der Waals surface area contributed by atoms with Gasteiger partial charge in [-0.3, -0.25) is 5.32 Å². The van der Waals surface area contributed by atoms with Crippen LogP contribution in [-0.4, -0.2) is 16.8 Å². The van der Waals surface area contributed by atoms with Crippen LogP contribution >= 0.6 is 35.0 Å². The number of nitrogens with zero attached hydrogens (tertiary/aromatic N) is 1. The Bertz CT molecular complexity index is 568.